The standard InChI is InChI=1S/C19H26N2O4/c1-24-16-7-6-15(17(13-16)25-2)12-18(22)20-8-10-21(11-9-20)19(23)14-4-3-5-14/h6-7,13-14H,3-5,8-12H2,1-2H3. The van der Waals surface area contributed by atoms with Crippen LogP contribution in [-0.4, -0.2) is 62.0 Å². The van der Waals surface area contributed by atoms with Gasteiger partial charge in [0.15, 0.2) is 0 Å². The van der Waals surface area contributed by atoms with Gasteiger partial charge in [-0.05, 0) is 18.9 Å². The first kappa shape index (κ1) is 17.6. The van der Waals surface area contributed by atoms with E-state index in [1.807, 2.05) is 21.9 Å². The SMILES string of the molecule is COc1ccc(CC(=O)N2CCN(C(=O)C3CCC3)CC2)c(OC)c1. The monoisotopic (exact) mass is 346 g/mol. The molecular formula is C19H26N2O4. The number of ether oxygens (including phenoxy) is 2. The van der Waals surface area contributed by atoms with Crippen LogP contribution in [0.1, 0.15) is 24.8 Å². The Bertz CT molecular complexity index is 634. The maximum Gasteiger partial charge on any atom is 0.227 e. The van der Waals surface area contributed by atoms with E-state index in [1.165, 1.54) is 6.42 Å². The lowest BCUT2D eigenvalue weighted by Crippen LogP contribution is -2.52. The zero-order chi connectivity index (χ0) is 17.8. The number of nitrogens with zero attached hydrogens (tertiary/aromatic N) is 2. The fourth-order valence-corrected chi connectivity index (χ4v) is 3.36. The molecule has 0 spiro atoms. The third-order valence-electron chi connectivity index (χ3n) is 5.23. The first-order chi connectivity index (χ1) is 12.1. The maximum atomic E-state index is 12.6. The molecule has 3 rings (SSSR count). The molecule has 136 valence electrons. The fraction of sp³-hybridized carbons (Fsp3) is 0.579. The van der Waals surface area contributed by atoms with Gasteiger partial charge >= 0.3 is 0 Å². The van der Waals surface area contributed by atoms with Gasteiger partial charge in [0, 0.05) is 43.7 Å². The summed E-state index contributed by atoms with van der Waals surface area (Å²) in [5.41, 5.74) is 0.848. The predicted octanol–water partition coefficient (Wildman–Crippen LogP) is 1.72. The number of amides is 2. The van der Waals surface area contributed by atoms with Gasteiger partial charge in [-0.1, -0.05) is 12.5 Å². The minimum absolute atomic E-state index is 0.0687. The van der Waals surface area contributed by atoms with Crippen LogP contribution in [0.5, 0.6) is 11.5 Å². The number of piperazine rings is 1. The second-order valence-corrected chi connectivity index (χ2v) is 6.69. The van der Waals surface area contributed by atoms with Crippen LogP contribution >= 0.6 is 0 Å². The Morgan fingerprint density at radius 3 is 2.28 bits per heavy atom. The van der Waals surface area contributed by atoms with Crippen molar-refractivity contribution in [1.29, 1.82) is 0 Å². The van der Waals surface area contributed by atoms with Crippen LogP contribution in [0.15, 0.2) is 18.2 Å². The molecular weight excluding hydrogens is 320 g/mol. The third kappa shape index (κ3) is 3.89. The van der Waals surface area contributed by atoms with Crippen molar-refractivity contribution in [3.05, 3.63) is 23.8 Å². The van der Waals surface area contributed by atoms with Gasteiger partial charge in [-0.3, -0.25) is 9.59 Å². The lowest BCUT2D eigenvalue weighted by atomic mass is 9.84. The first-order valence-corrected chi connectivity index (χ1v) is 8.90. The lowest BCUT2D eigenvalue weighted by Gasteiger charge is -2.38. The Balaban J connectivity index is 1.55. The molecule has 0 N–H and O–H groups in total. The number of rotatable bonds is 5. The van der Waals surface area contributed by atoms with Crippen molar-refractivity contribution >= 4 is 11.8 Å². The van der Waals surface area contributed by atoms with Gasteiger partial charge in [0.1, 0.15) is 11.5 Å². The molecule has 25 heavy (non-hydrogen) atoms. The Hall–Kier alpha value is -2.24. The average molecular weight is 346 g/mol. The molecule has 0 bridgehead atoms. The molecule has 6 nitrogen and oxygen atoms in total. The van der Waals surface area contributed by atoms with Gasteiger partial charge in [-0.25, -0.2) is 0 Å². The number of methoxy groups -OCH3 is 2. The van der Waals surface area contributed by atoms with E-state index in [4.69, 9.17) is 9.47 Å². The van der Waals surface area contributed by atoms with Crippen LogP contribution in [0.3, 0.4) is 0 Å². The molecule has 1 aliphatic heterocycles. The van der Waals surface area contributed by atoms with Crippen molar-refractivity contribution in [2.45, 2.75) is 25.7 Å². The third-order valence-corrected chi connectivity index (χ3v) is 5.23. The van der Waals surface area contributed by atoms with Gasteiger partial charge in [0.05, 0.1) is 20.6 Å². The number of carbonyl (C=O) groups excluding carboxylic acids is 2. The molecule has 1 saturated heterocycles. The summed E-state index contributed by atoms with van der Waals surface area (Å²) in [4.78, 5) is 28.6. The van der Waals surface area contributed by atoms with Gasteiger partial charge in [0.2, 0.25) is 11.8 Å². The summed E-state index contributed by atoms with van der Waals surface area (Å²) in [6, 6.07) is 5.49. The van der Waals surface area contributed by atoms with Gasteiger partial charge in [-0.2, -0.15) is 0 Å². The van der Waals surface area contributed by atoms with Crippen LogP contribution in [0.25, 0.3) is 0 Å². The number of hydrogen-bond acceptors (Lipinski definition) is 4. The maximum absolute atomic E-state index is 12.6. The van der Waals surface area contributed by atoms with E-state index in [9.17, 15) is 9.59 Å². The van der Waals surface area contributed by atoms with E-state index in [1.54, 1.807) is 20.3 Å². The van der Waals surface area contributed by atoms with E-state index in [-0.39, 0.29) is 17.7 Å². The number of hydrogen-bond donors (Lipinski definition) is 0. The summed E-state index contributed by atoms with van der Waals surface area (Å²) in [7, 11) is 3.19. The summed E-state index contributed by atoms with van der Waals surface area (Å²) < 4.78 is 10.6. The molecule has 1 aliphatic carbocycles. The van der Waals surface area contributed by atoms with E-state index in [2.05, 4.69) is 0 Å². The van der Waals surface area contributed by atoms with E-state index in [0.717, 1.165) is 18.4 Å². The van der Waals surface area contributed by atoms with Crippen molar-refractivity contribution < 1.29 is 19.1 Å². The smallest absolute Gasteiger partial charge is 0.227 e. The molecule has 2 aliphatic rings. The average Bonchev–Trinajstić information content (AvgIpc) is 2.60. The molecule has 6 heteroatoms. The highest BCUT2D eigenvalue weighted by Gasteiger charge is 2.32. The van der Waals surface area contributed by atoms with E-state index >= 15 is 0 Å². The van der Waals surface area contributed by atoms with Gasteiger partial charge in [-0.15, -0.1) is 0 Å². The number of carbonyl (C=O) groups is 2. The largest absolute Gasteiger partial charge is 0.497 e. The molecule has 1 aromatic carbocycles. The molecule has 0 atom stereocenters. The Kier molecular flexibility index (Phi) is 5.46. The highest BCUT2D eigenvalue weighted by atomic mass is 16.5. The van der Waals surface area contributed by atoms with Crippen molar-refractivity contribution in [3.63, 3.8) is 0 Å². The molecule has 1 saturated carbocycles. The molecule has 0 radical (unpaired) electrons. The van der Waals surface area contributed by atoms with Crippen LogP contribution in [0.4, 0.5) is 0 Å². The summed E-state index contributed by atoms with van der Waals surface area (Å²) in [5.74, 6) is 1.93. The summed E-state index contributed by atoms with van der Waals surface area (Å²) in [6.07, 6.45) is 3.51. The normalized spacial score (nSPS) is 17.8. The van der Waals surface area contributed by atoms with Crippen LogP contribution < -0.4 is 9.47 Å². The highest BCUT2D eigenvalue weighted by Crippen LogP contribution is 2.29. The molecule has 1 heterocycles. The summed E-state index contributed by atoms with van der Waals surface area (Å²) in [6.45, 7) is 2.49. The molecule has 2 amide bonds. The molecule has 0 unspecified atom stereocenters. The fourth-order valence-electron chi connectivity index (χ4n) is 3.36. The van der Waals surface area contributed by atoms with Gasteiger partial charge < -0.3 is 19.3 Å². The van der Waals surface area contributed by atoms with Crippen LogP contribution in [-0.2, 0) is 16.0 Å². The second kappa shape index (κ2) is 7.76. The Labute approximate surface area is 148 Å². The van der Waals surface area contributed by atoms with Crippen molar-refractivity contribution in [2.24, 2.45) is 5.92 Å². The zero-order valence-electron chi connectivity index (χ0n) is 15.0. The van der Waals surface area contributed by atoms with Crippen molar-refractivity contribution in [2.75, 3.05) is 40.4 Å². The van der Waals surface area contributed by atoms with Crippen molar-refractivity contribution in [3.8, 4) is 11.5 Å². The topological polar surface area (TPSA) is 59.1 Å². The Morgan fingerprint density at radius 1 is 1.04 bits per heavy atom. The zero-order valence-corrected chi connectivity index (χ0v) is 15.0. The molecule has 1 aromatic rings. The lowest BCUT2D eigenvalue weighted by molar-refractivity contribution is -0.143. The minimum Gasteiger partial charge on any atom is -0.497 e. The van der Waals surface area contributed by atoms with E-state index < -0.39 is 0 Å². The second-order valence-electron chi connectivity index (χ2n) is 6.69. The Morgan fingerprint density at radius 2 is 1.72 bits per heavy atom. The van der Waals surface area contributed by atoms with Gasteiger partial charge in [0.25, 0.3) is 0 Å². The van der Waals surface area contributed by atoms with Crippen LogP contribution in [0.2, 0.25) is 0 Å². The molecule has 0 aromatic heterocycles. The first-order valence-electron chi connectivity index (χ1n) is 8.90. The molecule has 2 fully saturated rings. The number of benzene rings is 1. The predicted molar refractivity (Wildman–Crippen MR) is 93.8 cm³/mol. The quantitative estimate of drug-likeness (QED) is 0.814. The highest BCUT2D eigenvalue weighted by molar-refractivity contribution is 5.81. The van der Waals surface area contributed by atoms with Crippen molar-refractivity contribution in [1.82, 2.24) is 9.80 Å². The summed E-state index contributed by atoms with van der Waals surface area (Å²) >= 11 is 0. The summed E-state index contributed by atoms with van der Waals surface area (Å²) in [5, 5.41) is 0. The van der Waals surface area contributed by atoms with E-state index in [0.29, 0.717) is 44.1 Å². The minimum atomic E-state index is 0.0687. The van der Waals surface area contributed by atoms with Crippen LogP contribution in [0, 0.1) is 5.92 Å².